The van der Waals surface area contributed by atoms with E-state index in [0.29, 0.717) is 5.92 Å². The molecule has 1 aliphatic carbocycles. The maximum absolute atomic E-state index is 5.51. The van der Waals surface area contributed by atoms with E-state index in [2.05, 4.69) is 26.1 Å². The van der Waals surface area contributed by atoms with Gasteiger partial charge in [-0.15, -0.1) is 0 Å². The zero-order valence-electron chi connectivity index (χ0n) is 9.88. The Morgan fingerprint density at radius 2 is 2.21 bits per heavy atom. The van der Waals surface area contributed by atoms with E-state index in [0.717, 1.165) is 31.7 Å². The van der Waals surface area contributed by atoms with E-state index in [1.54, 1.807) is 0 Å². The third-order valence-electron chi connectivity index (χ3n) is 2.69. The summed E-state index contributed by atoms with van der Waals surface area (Å²) < 4.78 is 5.51. The van der Waals surface area contributed by atoms with E-state index in [1.165, 1.54) is 19.3 Å². The quantitative estimate of drug-likeness (QED) is 0.606. The standard InChI is InChI=1S/C12H25NO/c1-4-5-11-8-12(11)13-6-7-14-9-10(2)3/h10-13H,4-9H2,1-3H3. The summed E-state index contributed by atoms with van der Waals surface area (Å²) in [6.45, 7) is 9.42. The first-order chi connectivity index (χ1) is 6.74. The first-order valence-electron chi connectivity index (χ1n) is 6.05. The van der Waals surface area contributed by atoms with Crippen LogP contribution in [-0.2, 0) is 4.74 Å². The molecule has 0 aliphatic heterocycles. The van der Waals surface area contributed by atoms with E-state index in [9.17, 15) is 0 Å². The van der Waals surface area contributed by atoms with Crippen molar-refractivity contribution in [3.8, 4) is 0 Å². The Balaban J connectivity index is 1.82. The molecule has 2 heteroatoms. The minimum atomic E-state index is 0.656. The summed E-state index contributed by atoms with van der Waals surface area (Å²) in [6, 6.07) is 0.803. The van der Waals surface area contributed by atoms with Crippen molar-refractivity contribution < 1.29 is 4.74 Å². The van der Waals surface area contributed by atoms with E-state index in [1.807, 2.05) is 0 Å². The highest BCUT2D eigenvalue weighted by Gasteiger charge is 2.34. The predicted octanol–water partition coefficient (Wildman–Crippen LogP) is 2.44. The molecule has 14 heavy (non-hydrogen) atoms. The molecule has 1 saturated carbocycles. The molecule has 0 spiro atoms. The molecule has 2 atom stereocenters. The Morgan fingerprint density at radius 1 is 1.43 bits per heavy atom. The normalized spacial score (nSPS) is 25.7. The molecule has 2 nitrogen and oxygen atoms in total. The molecule has 0 aromatic carbocycles. The molecule has 1 rings (SSSR count). The van der Waals surface area contributed by atoms with Gasteiger partial charge in [0.05, 0.1) is 6.61 Å². The molecular formula is C12H25NO. The molecule has 0 radical (unpaired) electrons. The third-order valence-corrected chi connectivity index (χ3v) is 2.69. The fourth-order valence-corrected chi connectivity index (χ4v) is 1.82. The van der Waals surface area contributed by atoms with Crippen molar-refractivity contribution in [2.75, 3.05) is 19.8 Å². The maximum Gasteiger partial charge on any atom is 0.0591 e. The van der Waals surface area contributed by atoms with Gasteiger partial charge in [0.15, 0.2) is 0 Å². The van der Waals surface area contributed by atoms with Crippen LogP contribution in [0.25, 0.3) is 0 Å². The zero-order chi connectivity index (χ0) is 10.4. The molecule has 0 bridgehead atoms. The van der Waals surface area contributed by atoms with Crippen molar-refractivity contribution in [3.63, 3.8) is 0 Å². The lowest BCUT2D eigenvalue weighted by Gasteiger charge is -2.07. The molecule has 1 aliphatic rings. The van der Waals surface area contributed by atoms with Gasteiger partial charge in [0.25, 0.3) is 0 Å². The lowest BCUT2D eigenvalue weighted by atomic mass is 10.2. The Labute approximate surface area is 88.4 Å². The SMILES string of the molecule is CCCC1CC1NCCOCC(C)C. The topological polar surface area (TPSA) is 21.3 Å². The van der Waals surface area contributed by atoms with Crippen molar-refractivity contribution in [1.82, 2.24) is 5.32 Å². The highest BCUT2D eigenvalue weighted by atomic mass is 16.5. The number of nitrogens with one attached hydrogen (secondary N) is 1. The van der Waals surface area contributed by atoms with Gasteiger partial charge in [0.1, 0.15) is 0 Å². The smallest absolute Gasteiger partial charge is 0.0591 e. The van der Waals surface area contributed by atoms with Gasteiger partial charge in [-0.1, -0.05) is 27.2 Å². The minimum absolute atomic E-state index is 0.656. The molecule has 1 N–H and O–H groups in total. The van der Waals surface area contributed by atoms with Crippen LogP contribution in [0, 0.1) is 11.8 Å². The highest BCUT2D eigenvalue weighted by molar-refractivity contribution is 4.92. The summed E-state index contributed by atoms with van der Waals surface area (Å²) in [6.07, 6.45) is 4.11. The summed E-state index contributed by atoms with van der Waals surface area (Å²) in [5.41, 5.74) is 0. The van der Waals surface area contributed by atoms with Crippen molar-refractivity contribution in [3.05, 3.63) is 0 Å². The van der Waals surface area contributed by atoms with Crippen LogP contribution in [0.5, 0.6) is 0 Å². The number of hydrogen-bond donors (Lipinski definition) is 1. The van der Waals surface area contributed by atoms with Crippen LogP contribution in [0.2, 0.25) is 0 Å². The van der Waals surface area contributed by atoms with Crippen LogP contribution >= 0.6 is 0 Å². The monoisotopic (exact) mass is 199 g/mol. The highest BCUT2D eigenvalue weighted by Crippen LogP contribution is 2.34. The first-order valence-corrected chi connectivity index (χ1v) is 6.05. The molecular weight excluding hydrogens is 174 g/mol. The summed E-state index contributed by atoms with van der Waals surface area (Å²) >= 11 is 0. The van der Waals surface area contributed by atoms with Crippen LogP contribution < -0.4 is 5.32 Å². The Bertz CT molecular complexity index is 147. The van der Waals surface area contributed by atoms with E-state index < -0.39 is 0 Å². The lowest BCUT2D eigenvalue weighted by molar-refractivity contribution is 0.111. The summed E-state index contributed by atoms with van der Waals surface area (Å²) in [5, 5.41) is 3.54. The van der Waals surface area contributed by atoms with Gasteiger partial charge in [-0.3, -0.25) is 0 Å². The number of ether oxygens (including phenoxy) is 1. The minimum Gasteiger partial charge on any atom is -0.380 e. The fourth-order valence-electron chi connectivity index (χ4n) is 1.82. The molecule has 0 amide bonds. The molecule has 1 fully saturated rings. The van der Waals surface area contributed by atoms with Gasteiger partial charge in [0, 0.05) is 19.2 Å². The van der Waals surface area contributed by atoms with Crippen molar-refractivity contribution >= 4 is 0 Å². The average molecular weight is 199 g/mol. The van der Waals surface area contributed by atoms with Crippen molar-refractivity contribution in [1.29, 1.82) is 0 Å². The van der Waals surface area contributed by atoms with Crippen LogP contribution in [-0.4, -0.2) is 25.8 Å². The van der Waals surface area contributed by atoms with E-state index in [-0.39, 0.29) is 0 Å². The van der Waals surface area contributed by atoms with Gasteiger partial charge in [-0.05, 0) is 24.7 Å². The first kappa shape index (κ1) is 12.0. The van der Waals surface area contributed by atoms with Crippen LogP contribution in [0.4, 0.5) is 0 Å². The largest absolute Gasteiger partial charge is 0.380 e. The Kier molecular flexibility index (Phi) is 5.49. The molecule has 0 aromatic heterocycles. The maximum atomic E-state index is 5.51. The van der Waals surface area contributed by atoms with Crippen LogP contribution in [0.1, 0.15) is 40.0 Å². The van der Waals surface area contributed by atoms with Gasteiger partial charge >= 0.3 is 0 Å². The fraction of sp³-hybridized carbons (Fsp3) is 1.00. The van der Waals surface area contributed by atoms with Crippen LogP contribution in [0.3, 0.4) is 0 Å². The second-order valence-corrected chi connectivity index (χ2v) is 4.81. The zero-order valence-corrected chi connectivity index (χ0v) is 9.88. The summed E-state index contributed by atoms with van der Waals surface area (Å²) in [7, 11) is 0. The van der Waals surface area contributed by atoms with Gasteiger partial charge in [-0.25, -0.2) is 0 Å². The number of hydrogen-bond acceptors (Lipinski definition) is 2. The van der Waals surface area contributed by atoms with Crippen LogP contribution in [0.15, 0.2) is 0 Å². The molecule has 0 saturated heterocycles. The number of rotatable bonds is 8. The van der Waals surface area contributed by atoms with Gasteiger partial charge < -0.3 is 10.1 Å². The lowest BCUT2D eigenvalue weighted by Crippen LogP contribution is -2.23. The Hall–Kier alpha value is -0.0800. The summed E-state index contributed by atoms with van der Waals surface area (Å²) in [5.74, 6) is 1.62. The molecule has 2 unspecified atom stereocenters. The second-order valence-electron chi connectivity index (χ2n) is 4.81. The third kappa shape index (κ3) is 4.97. The van der Waals surface area contributed by atoms with E-state index >= 15 is 0 Å². The van der Waals surface area contributed by atoms with E-state index in [4.69, 9.17) is 4.74 Å². The Morgan fingerprint density at radius 3 is 2.86 bits per heavy atom. The van der Waals surface area contributed by atoms with Gasteiger partial charge in [0.2, 0.25) is 0 Å². The molecule has 0 heterocycles. The molecule has 0 aromatic rings. The predicted molar refractivity (Wildman–Crippen MR) is 60.5 cm³/mol. The van der Waals surface area contributed by atoms with Crippen molar-refractivity contribution in [2.45, 2.75) is 46.1 Å². The van der Waals surface area contributed by atoms with Crippen molar-refractivity contribution in [2.24, 2.45) is 11.8 Å². The average Bonchev–Trinajstić information content (AvgIpc) is 2.83. The molecule has 84 valence electrons. The summed E-state index contributed by atoms with van der Waals surface area (Å²) in [4.78, 5) is 0. The second kappa shape index (κ2) is 6.41. The van der Waals surface area contributed by atoms with Gasteiger partial charge in [-0.2, -0.15) is 0 Å².